The Balaban J connectivity index is 3.03. The zero-order chi connectivity index (χ0) is 10.6. The summed E-state index contributed by atoms with van der Waals surface area (Å²) in [5.74, 6) is 0.402. The summed E-state index contributed by atoms with van der Waals surface area (Å²) in [5.41, 5.74) is 1.37. The summed E-state index contributed by atoms with van der Waals surface area (Å²) in [4.78, 5) is 11.5. The van der Waals surface area contributed by atoms with E-state index >= 15 is 0 Å². The molecule has 0 fully saturated rings. The molecule has 3 nitrogen and oxygen atoms in total. The number of carbonyl (C=O) groups is 1. The van der Waals surface area contributed by atoms with Crippen LogP contribution in [0.25, 0.3) is 0 Å². The molecule has 0 heterocycles. The first-order chi connectivity index (χ1) is 6.70. The van der Waals surface area contributed by atoms with Crippen LogP contribution in [0.3, 0.4) is 0 Å². The van der Waals surface area contributed by atoms with Gasteiger partial charge in [0.1, 0.15) is 5.75 Å². The fraction of sp³-hybridized carbons (Fsp3) is 0.364. The second-order valence-corrected chi connectivity index (χ2v) is 2.85. The third kappa shape index (κ3) is 2.05. The van der Waals surface area contributed by atoms with E-state index in [2.05, 4.69) is 0 Å². The monoisotopic (exact) mass is 194 g/mol. The van der Waals surface area contributed by atoms with Crippen LogP contribution >= 0.6 is 0 Å². The Labute approximate surface area is 83.6 Å². The first-order valence-corrected chi connectivity index (χ1v) is 4.51. The van der Waals surface area contributed by atoms with Gasteiger partial charge in [0.25, 0.3) is 0 Å². The van der Waals surface area contributed by atoms with Crippen molar-refractivity contribution in [2.75, 3.05) is 13.7 Å². The van der Waals surface area contributed by atoms with Gasteiger partial charge in [0, 0.05) is 5.56 Å². The summed E-state index contributed by atoms with van der Waals surface area (Å²) in [6, 6.07) is 5.33. The Morgan fingerprint density at radius 3 is 2.71 bits per heavy atom. The van der Waals surface area contributed by atoms with E-state index in [-0.39, 0.29) is 5.97 Å². The number of rotatable bonds is 3. The summed E-state index contributed by atoms with van der Waals surface area (Å²) in [6.07, 6.45) is 0. The Hall–Kier alpha value is -1.51. The summed E-state index contributed by atoms with van der Waals surface area (Å²) >= 11 is 0. The third-order valence-corrected chi connectivity index (χ3v) is 2.00. The minimum atomic E-state index is -0.302. The van der Waals surface area contributed by atoms with Crippen molar-refractivity contribution < 1.29 is 14.3 Å². The van der Waals surface area contributed by atoms with Gasteiger partial charge in [-0.1, -0.05) is 6.07 Å². The van der Waals surface area contributed by atoms with E-state index in [0.29, 0.717) is 17.9 Å². The van der Waals surface area contributed by atoms with Gasteiger partial charge in [-0.2, -0.15) is 0 Å². The highest BCUT2D eigenvalue weighted by Crippen LogP contribution is 2.21. The van der Waals surface area contributed by atoms with Gasteiger partial charge in [-0.05, 0) is 26.0 Å². The molecular weight excluding hydrogens is 180 g/mol. The van der Waals surface area contributed by atoms with Gasteiger partial charge in [0.15, 0.2) is 0 Å². The SMILES string of the molecule is CCOC(=O)c1cccc(OC)c1C. The van der Waals surface area contributed by atoms with Gasteiger partial charge < -0.3 is 9.47 Å². The predicted molar refractivity (Wildman–Crippen MR) is 53.7 cm³/mol. The lowest BCUT2D eigenvalue weighted by Gasteiger charge is -2.08. The average molecular weight is 194 g/mol. The van der Waals surface area contributed by atoms with Crippen LogP contribution in [0.2, 0.25) is 0 Å². The number of hydrogen-bond acceptors (Lipinski definition) is 3. The summed E-state index contributed by atoms with van der Waals surface area (Å²) in [7, 11) is 1.58. The molecule has 1 aromatic rings. The van der Waals surface area contributed by atoms with E-state index in [1.165, 1.54) is 0 Å². The molecule has 14 heavy (non-hydrogen) atoms. The Morgan fingerprint density at radius 2 is 2.14 bits per heavy atom. The van der Waals surface area contributed by atoms with Gasteiger partial charge in [-0.25, -0.2) is 4.79 Å². The molecule has 0 saturated heterocycles. The van der Waals surface area contributed by atoms with E-state index in [1.54, 1.807) is 26.2 Å². The molecule has 0 radical (unpaired) electrons. The number of benzene rings is 1. The zero-order valence-corrected chi connectivity index (χ0v) is 8.66. The maximum Gasteiger partial charge on any atom is 0.338 e. The number of ether oxygens (including phenoxy) is 2. The number of methoxy groups -OCH3 is 1. The van der Waals surface area contributed by atoms with Gasteiger partial charge in [0.05, 0.1) is 19.3 Å². The lowest BCUT2D eigenvalue weighted by Crippen LogP contribution is -2.07. The van der Waals surface area contributed by atoms with Crippen molar-refractivity contribution in [3.05, 3.63) is 29.3 Å². The number of hydrogen-bond donors (Lipinski definition) is 0. The molecule has 76 valence electrons. The first-order valence-electron chi connectivity index (χ1n) is 4.51. The molecule has 0 spiro atoms. The van der Waals surface area contributed by atoms with E-state index in [0.717, 1.165) is 5.56 Å². The largest absolute Gasteiger partial charge is 0.496 e. The van der Waals surface area contributed by atoms with Crippen LogP contribution in [0.4, 0.5) is 0 Å². The van der Waals surface area contributed by atoms with E-state index in [4.69, 9.17) is 9.47 Å². The molecule has 1 aromatic carbocycles. The van der Waals surface area contributed by atoms with Crippen molar-refractivity contribution in [1.82, 2.24) is 0 Å². The third-order valence-electron chi connectivity index (χ3n) is 2.00. The van der Waals surface area contributed by atoms with Gasteiger partial charge in [-0.15, -0.1) is 0 Å². The topological polar surface area (TPSA) is 35.5 Å². The number of carbonyl (C=O) groups excluding carboxylic acids is 1. The van der Waals surface area contributed by atoms with Crippen LogP contribution in [-0.4, -0.2) is 19.7 Å². The van der Waals surface area contributed by atoms with Crippen molar-refractivity contribution in [1.29, 1.82) is 0 Å². The van der Waals surface area contributed by atoms with Gasteiger partial charge in [0.2, 0.25) is 0 Å². The highest BCUT2D eigenvalue weighted by atomic mass is 16.5. The molecule has 1 rings (SSSR count). The van der Waals surface area contributed by atoms with E-state index in [9.17, 15) is 4.79 Å². The summed E-state index contributed by atoms with van der Waals surface area (Å²) in [6.45, 7) is 4.01. The molecule has 0 aliphatic carbocycles. The molecular formula is C11H14O3. The fourth-order valence-corrected chi connectivity index (χ4v) is 1.27. The van der Waals surface area contributed by atoms with E-state index in [1.807, 2.05) is 13.0 Å². The Kier molecular flexibility index (Phi) is 3.51. The second-order valence-electron chi connectivity index (χ2n) is 2.85. The second kappa shape index (κ2) is 4.65. The summed E-state index contributed by atoms with van der Waals surface area (Å²) < 4.78 is 10.0. The van der Waals surface area contributed by atoms with Crippen LogP contribution in [-0.2, 0) is 4.74 Å². The van der Waals surface area contributed by atoms with Gasteiger partial charge >= 0.3 is 5.97 Å². The predicted octanol–water partition coefficient (Wildman–Crippen LogP) is 2.18. The van der Waals surface area contributed by atoms with Gasteiger partial charge in [-0.3, -0.25) is 0 Å². The maximum absolute atomic E-state index is 11.5. The van der Waals surface area contributed by atoms with Crippen molar-refractivity contribution >= 4 is 5.97 Å². The molecule has 0 aliphatic rings. The van der Waals surface area contributed by atoms with Crippen molar-refractivity contribution in [3.63, 3.8) is 0 Å². The highest BCUT2D eigenvalue weighted by molar-refractivity contribution is 5.91. The molecule has 0 bridgehead atoms. The quantitative estimate of drug-likeness (QED) is 0.692. The molecule has 0 aliphatic heterocycles. The summed E-state index contributed by atoms with van der Waals surface area (Å²) in [5, 5.41) is 0. The number of esters is 1. The van der Waals surface area contributed by atoms with Crippen LogP contribution in [0.15, 0.2) is 18.2 Å². The molecule has 0 N–H and O–H groups in total. The Morgan fingerprint density at radius 1 is 1.43 bits per heavy atom. The first kappa shape index (κ1) is 10.6. The zero-order valence-electron chi connectivity index (χ0n) is 8.66. The van der Waals surface area contributed by atoms with Crippen LogP contribution < -0.4 is 4.74 Å². The minimum absolute atomic E-state index is 0.302. The Bertz CT molecular complexity index is 331. The van der Waals surface area contributed by atoms with Crippen molar-refractivity contribution in [2.24, 2.45) is 0 Å². The molecule has 0 unspecified atom stereocenters. The highest BCUT2D eigenvalue weighted by Gasteiger charge is 2.12. The standard InChI is InChI=1S/C11H14O3/c1-4-14-11(12)9-6-5-7-10(13-3)8(9)2/h5-7H,4H2,1-3H3. The fourth-order valence-electron chi connectivity index (χ4n) is 1.27. The molecule has 0 saturated carbocycles. The smallest absolute Gasteiger partial charge is 0.338 e. The van der Waals surface area contributed by atoms with E-state index < -0.39 is 0 Å². The maximum atomic E-state index is 11.5. The van der Waals surface area contributed by atoms with Crippen LogP contribution in [0.1, 0.15) is 22.8 Å². The lowest BCUT2D eigenvalue weighted by atomic mass is 10.1. The van der Waals surface area contributed by atoms with Crippen molar-refractivity contribution in [2.45, 2.75) is 13.8 Å². The molecule has 0 amide bonds. The molecule has 3 heteroatoms. The lowest BCUT2D eigenvalue weighted by molar-refractivity contribution is 0.0525. The van der Waals surface area contributed by atoms with Crippen LogP contribution in [0, 0.1) is 6.92 Å². The van der Waals surface area contributed by atoms with Crippen molar-refractivity contribution in [3.8, 4) is 5.75 Å². The van der Waals surface area contributed by atoms with Crippen LogP contribution in [0.5, 0.6) is 5.75 Å². The minimum Gasteiger partial charge on any atom is -0.496 e. The average Bonchev–Trinajstić information content (AvgIpc) is 2.18. The molecule has 0 atom stereocenters. The normalized spacial score (nSPS) is 9.64. The molecule has 0 aromatic heterocycles.